The minimum Gasteiger partial charge on any atom is -0.232 e. The Morgan fingerprint density at radius 1 is 1.27 bits per heavy atom. The second-order valence-corrected chi connectivity index (χ2v) is 3.58. The lowest BCUT2D eigenvalue weighted by atomic mass is 10.2. The van der Waals surface area contributed by atoms with Gasteiger partial charge in [0.1, 0.15) is 10.7 Å². The van der Waals surface area contributed by atoms with E-state index in [-0.39, 0.29) is 5.75 Å². The minimum atomic E-state index is -2.34. The maximum atomic E-state index is 10.3. The topological polar surface area (TPSA) is 34.1 Å². The van der Waals surface area contributed by atoms with E-state index in [9.17, 15) is 8.42 Å². The van der Waals surface area contributed by atoms with Crippen molar-refractivity contribution < 1.29 is 8.42 Å². The van der Waals surface area contributed by atoms with E-state index in [2.05, 4.69) is 12.6 Å². The third-order valence-corrected chi connectivity index (χ3v) is 2.33. The van der Waals surface area contributed by atoms with Crippen LogP contribution < -0.4 is 0 Å². The van der Waals surface area contributed by atoms with Gasteiger partial charge in [-0.3, -0.25) is 0 Å². The quantitative estimate of drug-likeness (QED) is 0.681. The number of benzene rings is 1. The highest BCUT2D eigenvalue weighted by Gasteiger charge is 1.97. The molecule has 0 aliphatic rings. The van der Waals surface area contributed by atoms with Gasteiger partial charge < -0.3 is 0 Å². The fourth-order valence-corrected chi connectivity index (χ4v) is 1.70. The second-order valence-electron chi connectivity index (χ2n) is 2.12. The lowest BCUT2D eigenvalue weighted by Gasteiger charge is -1.97. The molecule has 0 amide bonds. The van der Waals surface area contributed by atoms with Gasteiger partial charge in [-0.05, 0) is 11.6 Å². The monoisotopic (exact) mass is 188 g/mol. The van der Waals surface area contributed by atoms with E-state index < -0.39 is 10.7 Å². The fourth-order valence-electron chi connectivity index (χ4n) is 0.784. The van der Waals surface area contributed by atoms with Crippen LogP contribution in [0.2, 0.25) is 0 Å². The molecule has 1 aromatic carbocycles. The SMILES string of the molecule is O=[SH](=O)Cc1ccccc1S. The van der Waals surface area contributed by atoms with Crippen molar-refractivity contribution in [1.29, 1.82) is 0 Å². The van der Waals surface area contributed by atoms with E-state index in [1.54, 1.807) is 18.2 Å². The first-order valence-electron chi connectivity index (χ1n) is 3.09. The van der Waals surface area contributed by atoms with Gasteiger partial charge in [-0.1, -0.05) is 18.2 Å². The van der Waals surface area contributed by atoms with Gasteiger partial charge in [-0.25, -0.2) is 8.42 Å². The summed E-state index contributed by atoms with van der Waals surface area (Å²) in [6.45, 7) is 0. The molecule has 0 heterocycles. The summed E-state index contributed by atoms with van der Waals surface area (Å²) in [5, 5.41) is 0. The molecule has 0 N–H and O–H groups in total. The first-order valence-corrected chi connectivity index (χ1v) is 4.90. The molecule has 2 nitrogen and oxygen atoms in total. The van der Waals surface area contributed by atoms with Gasteiger partial charge in [0.25, 0.3) is 0 Å². The van der Waals surface area contributed by atoms with Crippen LogP contribution in [0.4, 0.5) is 0 Å². The molecule has 60 valence electrons. The molecule has 0 aromatic heterocycles. The average Bonchev–Trinajstić information content (AvgIpc) is 1.93. The molecular formula is C7H8O2S2. The molecule has 0 saturated carbocycles. The molecule has 0 radical (unpaired) electrons. The Morgan fingerprint density at radius 3 is 2.45 bits per heavy atom. The highest BCUT2D eigenvalue weighted by molar-refractivity contribution is 7.80. The van der Waals surface area contributed by atoms with Crippen molar-refractivity contribution in [1.82, 2.24) is 0 Å². The van der Waals surface area contributed by atoms with E-state index in [1.807, 2.05) is 6.07 Å². The Hall–Kier alpha value is -0.480. The van der Waals surface area contributed by atoms with Crippen LogP contribution in [-0.2, 0) is 16.5 Å². The Bertz CT molecular complexity index is 310. The smallest absolute Gasteiger partial charge is 0.144 e. The van der Waals surface area contributed by atoms with Crippen LogP contribution in [0.3, 0.4) is 0 Å². The fraction of sp³-hybridized carbons (Fsp3) is 0.143. The number of rotatable bonds is 2. The largest absolute Gasteiger partial charge is 0.232 e. The summed E-state index contributed by atoms with van der Waals surface area (Å²) in [6, 6.07) is 7.16. The third kappa shape index (κ3) is 2.55. The standard InChI is InChI=1S/C7H8O2S2/c8-11(9)5-6-3-1-2-4-7(6)10/h1-4,10-11H,5H2. The number of thiol groups is 2. The predicted octanol–water partition coefficient (Wildman–Crippen LogP) is 1.09. The molecule has 0 unspecified atom stereocenters. The third-order valence-electron chi connectivity index (χ3n) is 1.29. The normalized spacial score (nSPS) is 10.4. The molecule has 4 heteroatoms. The summed E-state index contributed by atoms with van der Waals surface area (Å²) in [4.78, 5) is 0.728. The summed E-state index contributed by atoms with van der Waals surface area (Å²) in [7, 11) is -2.34. The van der Waals surface area contributed by atoms with Gasteiger partial charge in [0.2, 0.25) is 0 Å². The summed E-state index contributed by atoms with van der Waals surface area (Å²) in [5.74, 6) is 0.0784. The number of hydrogen-bond acceptors (Lipinski definition) is 3. The van der Waals surface area contributed by atoms with Crippen molar-refractivity contribution in [2.24, 2.45) is 0 Å². The minimum absolute atomic E-state index is 0.0784. The van der Waals surface area contributed by atoms with Crippen molar-refractivity contribution in [2.75, 3.05) is 0 Å². The van der Waals surface area contributed by atoms with Crippen molar-refractivity contribution in [2.45, 2.75) is 10.6 Å². The summed E-state index contributed by atoms with van der Waals surface area (Å²) in [5.41, 5.74) is 0.756. The zero-order valence-electron chi connectivity index (χ0n) is 5.73. The summed E-state index contributed by atoms with van der Waals surface area (Å²) in [6.07, 6.45) is 0. The van der Waals surface area contributed by atoms with Gasteiger partial charge in [0.05, 0.1) is 5.75 Å². The van der Waals surface area contributed by atoms with Crippen LogP contribution in [0.15, 0.2) is 29.2 Å². The van der Waals surface area contributed by atoms with Gasteiger partial charge in [-0.15, -0.1) is 12.6 Å². The highest BCUT2D eigenvalue weighted by Crippen LogP contribution is 2.12. The molecule has 0 atom stereocenters. The number of hydrogen-bond donors (Lipinski definition) is 2. The first kappa shape index (κ1) is 8.62. The van der Waals surface area contributed by atoms with Crippen LogP contribution in [0, 0.1) is 0 Å². The molecule has 0 bridgehead atoms. The van der Waals surface area contributed by atoms with E-state index in [4.69, 9.17) is 0 Å². The van der Waals surface area contributed by atoms with Crippen molar-refractivity contribution in [3.8, 4) is 0 Å². The van der Waals surface area contributed by atoms with Crippen molar-refractivity contribution in [3.05, 3.63) is 29.8 Å². The van der Waals surface area contributed by atoms with E-state index >= 15 is 0 Å². The Morgan fingerprint density at radius 2 is 1.91 bits per heavy atom. The van der Waals surface area contributed by atoms with Crippen LogP contribution in [0.1, 0.15) is 5.56 Å². The first-order chi connectivity index (χ1) is 5.20. The van der Waals surface area contributed by atoms with E-state index in [0.717, 1.165) is 10.5 Å². The lowest BCUT2D eigenvalue weighted by molar-refractivity contribution is 0.613. The van der Waals surface area contributed by atoms with Crippen LogP contribution in [0.25, 0.3) is 0 Å². The molecule has 0 aliphatic carbocycles. The van der Waals surface area contributed by atoms with Crippen molar-refractivity contribution >= 4 is 23.3 Å². The van der Waals surface area contributed by atoms with Crippen LogP contribution in [-0.4, -0.2) is 8.42 Å². The maximum Gasteiger partial charge on any atom is 0.144 e. The van der Waals surface area contributed by atoms with Crippen LogP contribution >= 0.6 is 12.6 Å². The molecule has 1 aromatic rings. The zero-order chi connectivity index (χ0) is 8.27. The predicted molar refractivity (Wildman–Crippen MR) is 47.7 cm³/mol. The molecular weight excluding hydrogens is 180 g/mol. The Balaban J connectivity index is 2.94. The zero-order valence-corrected chi connectivity index (χ0v) is 7.52. The van der Waals surface area contributed by atoms with Gasteiger partial charge in [0.15, 0.2) is 0 Å². The average molecular weight is 188 g/mol. The van der Waals surface area contributed by atoms with Crippen molar-refractivity contribution in [3.63, 3.8) is 0 Å². The second kappa shape index (κ2) is 3.78. The van der Waals surface area contributed by atoms with Crippen LogP contribution in [0.5, 0.6) is 0 Å². The molecule has 0 aliphatic heterocycles. The van der Waals surface area contributed by atoms with Gasteiger partial charge in [0, 0.05) is 4.90 Å². The lowest BCUT2D eigenvalue weighted by Crippen LogP contribution is -1.87. The molecule has 1 rings (SSSR count). The maximum absolute atomic E-state index is 10.3. The molecule has 0 saturated heterocycles. The van der Waals surface area contributed by atoms with E-state index in [0.29, 0.717) is 0 Å². The highest BCUT2D eigenvalue weighted by atomic mass is 32.2. The van der Waals surface area contributed by atoms with Gasteiger partial charge >= 0.3 is 0 Å². The summed E-state index contributed by atoms with van der Waals surface area (Å²) < 4.78 is 20.6. The molecule has 0 fully saturated rings. The molecule has 0 spiro atoms. The Kier molecular flexibility index (Phi) is 2.96. The summed E-state index contributed by atoms with van der Waals surface area (Å²) >= 11 is 4.11. The molecule has 11 heavy (non-hydrogen) atoms. The van der Waals surface area contributed by atoms with Gasteiger partial charge in [-0.2, -0.15) is 0 Å². The Labute approximate surface area is 72.6 Å². The van der Waals surface area contributed by atoms with E-state index in [1.165, 1.54) is 0 Å².